The van der Waals surface area contributed by atoms with Gasteiger partial charge in [-0.2, -0.15) is 5.26 Å². The highest BCUT2D eigenvalue weighted by molar-refractivity contribution is 5.46. The quantitative estimate of drug-likeness (QED) is 0.855. The third kappa shape index (κ3) is 4.41. The second-order valence-corrected chi connectivity index (χ2v) is 6.55. The fourth-order valence-corrected chi connectivity index (χ4v) is 1.65. The van der Waals surface area contributed by atoms with Crippen LogP contribution in [0.2, 0.25) is 0 Å². The summed E-state index contributed by atoms with van der Waals surface area (Å²) in [7, 11) is 0. The molecule has 0 unspecified atom stereocenters. The summed E-state index contributed by atoms with van der Waals surface area (Å²) in [4.78, 5) is 0. The average Bonchev–Trinajstić information content (AvgIpc) is 2.28. The summed E-state index contributed by atoms with van der Waals surface area (Å²) < 4.78 is 0. The topological polar surface area (TPSA) is 35.8 Å². The summed E-state index contributed by atoms with van der Waals surface area (Å²) in [6.07, 6.45) is 1.14. The van der Waals surface area contributed by atoms with E-state index in [0.29, 0.717) is 5.41 Å². The lowest BCUT2D eigenvalue weighted by Crippen LogP contribution is -2.14. The van der Waals surface area contributed by atoms with Crippen molar-refractivity contribution in [3.05, 3.63) is 29.8 Å². The zero-order chi connectivity index (χ0) is 13.8. The van der Waals surface area contributed by atoms with Gasteiger partial charge < -0.3 is 5.32 Å². The lowest BCUT2D eigenvalue weighted by atomic mass is 9.86. The zero-order valence-corrected chi connectivity index (χ0v) is 12.2. The smallest absolute Gasteiger partial charge is 0.0766 e. The fraction of sp³-hybridized carbons (Fsp3) is 0.562. The van der Waals surface area contributed by atoms with Gasteiger partial charge in [0.15, 0.2) is 0 Å². The van der Waals surface area contributed by atoms with E-state index in [2.05, 4.69) is 44.3 Å². The van der Waals surface area contributed by atoms with Crippen LogP contribution in [0, 0.1) is 16.7 Å². The second-order valence-electron chi connectivity index (χ2n) is 6.55. The molecule has 0 bridgehead atoms. The van der Waals surface area contributed by atoms with Gasteiger partial charge >= 0.3 is 0 Å². The third-order valence-corrected chi connectivity index (χ3v) is 3.09. The minimum absolute atomic E-state index is 0.357. The summed E-state index contributed by atoms with van der Waals surface area (Å²) in [6.45, 7) is 11.6. The molecule has 1 N–H and O–H groups in total. The van der Waals surface area contributed by atoms with E-state index in [1.54, 1.807) is 0 Å². The van der Waals surface area contributed by atoms with Crippen LogP contribution in [-0.2, 0) is 5.41 Å². The molecule has 98 valence electrons. The number of anilines is 1. The van der Waals surface area contributed by atoms with Crippen molar-refractivity contribution in [1.29, 1.82) is 5.26 Å². The van der Waals surface area contributed by atoms with Crippen molar-refractivity contribution in [1.82, 2.24) is 0 Å². The molecule has 0 saturated heterocycles. The maximum atomic E-state index is 9.08. The van der Waals surface area contributed by atoms with E-state index in [9.17, 15) is 0 Å². The van der Waals surface area contributed by atoms with Crippen LogP contribution >= 0.6 is 0 Å². The van der Waals surface area contributed by atoms with Gasteiger partial charge in [-0.25, -0.2) is 0 Å². The van der Waals surface area contributed by atoms with Crippen LogP contribution in [0.15, 0.2) is 24.3 Å². The van der Waals surface area contributed by atoms with E-state index in [0.717, 1.165) is 24.2 Å². The molecule has 18 heavy (non-hydrogen) atoms. The van der Waals surface area contributed by atoms with Crippen LogP contribution in [0.3, 0.4) is 0 Å². The molecule has 0 atom stereocenters. The fourth-order valence-electron chi connectivity index (χ4n) is 1.65. The van der Waals surface area contributed by atoms with Gasteiger partial charge in [0.1, 0.15) is 0 Å². The highest BCUT2D eigenvalue weighted by atomic mass is 14.9. The van der Waals surface area contributed by atoms with Gasteiger partial charge in [0, 0.05) is 12.2 Å². The molecule has 1 aromatic carbocycles. The predicted octanol–water partition coefficient (Wildman–Crippen LogP) is 4.34. The molecule has 0 aromatic heterocycles. The van der Waals surface area contributed by atoms with E-state index in [1.165, 1.54) is 0 Å². The van der Waals surface area contributed by atoms with Crippen molar-refractivity contribution in [3.8, 4) is 6.07 Å². The van der Waals surface area contributed by atoms with E-state index < -0.39 is 5.41 Å². The lowest BCUT2D eigenvalue weighted by molar-refractivity contribution is 0.390. The Morgan fingerprint density at radius 1 is 1.06 bits per heavy atom. The number of hydrogen-bond acceptors (Lipinski definition) is 2. The minimum Gasteiger partial charge on any atom is -0.385 e. The third-order valence-electron chi connectivity index (χ3n) is 3.09. The molecule has 2 nitrogen and oxygen atoms in total. The Labute approximate surface area is 111 Å². The van der Waals surface area contributed by atoms with Gasteiger partial charge in [0.2, 0.25) is 0 Å². The van der Waals surface area contributed by atoms with Crippen molar-refractivity contribution in [2.24, 2.45) is 5.41 Å². The minimum atomic E-state index is -0.413. The number of rotatable bonds is 4. The number of nitriles is 1. The molecule has 0 spiro atoms. The number of benzene rings is 1. The van der Waals surface area contributed by atoms with Crippen molar-refractivity contribution < 1.29 is 0 Å². The molecule has 0 heterocycles. The molecular weight excluding hydrogens is 220 g/mol. The highest BCUT2D eigenvalue weighted by Gasteiger charge is 2.19. The van der Waals surface area contributed by atoms with Crippen molar-refractivity contribution in [3.63, 3.8) is 0 Å². The van der Waals surface area contributed by atoms with Crippen LogP contribution in [0.1, 0.15) is 46.6 Å². The predicted molar refractivity (Wildman–Crippen MR) is 77.6 cm³/mol. The Balaban J connectivity index is 2.60. The molecule has 0 fully saturated rings. The van der Waals surface area contributed by atoms with Crippen LogP contribution in [0.5, 0.6) is 0 Å². The Morgan fingerprint density at radius 2 is 1.61 bits per heavy atom. The Hall–Kier alpha value is -1.49. The molecular formula is C16H24N2. The Kier molecular flexibility index (Phi) is 4.40. The van der Waals surface area contributed by atoms with Gasteiger partial charge in [-0.05, 0) is 43.4 Å². The molecule has 2 heteroatoms. The molecule has 0 aliphatic rings. The largest absolute Gasteiger partial charge is 0.385 e. The molecule has 1 rings (SSSR count). The van der Waals surface area contributed by atoms with Gasteiger partial charge in [-0.1, -0.05) is 32.9 Å². The monoisotopic (exact) mass is 244 g/mol. The summed E-state index contributed by atoms with van der Waals surface area (Å²) in [5.74, 6) is 0. The first-order valence-electron chi connectivity index (χ1n) is 6.50. The van der Waals surface area contributed by atoms with E-state index in [-0.39, 0.29) is 0 Å². The molecule has 0 aliphatic heterocycles. The highest BCUT2D eigenvalue weighted by Crippen LogP contribution is 2.24. The maximum Gasteiger partial charge on any atom is 0.0766 e. The van der Waals surface area contributed by atoms with Gasteiger partial charge in [0.05, 0.1) is 11.5 Å². The second kappa shape index (κ2) is 5.44. The van der Waals surface area contributed by atoms with Crippen LogP contribution < -0.4 is 5.32 Å². The van der Waals surface area contributed by atoms with E-state index in [4.69, 9.17) is 5.26 Å². The SMILES string of the molecule is CC(C)(C)CCNc1ccc(C(C)(C)C#N)cc1. The van der Waals surface area contributed by atoms with Crippen molar-refractivity contribution in [2.45, 2.75) is 46.5 Å². The van der Waals surface area contributed by atoms with E-state index in [1.807, 2.05) is 26.0 Å². The zero-order valence-electron chi connectivity index (χ0n) is 12.2. The first-order chi connectivity index (χ1) is 8.24. The van der Waals surface area contributed by atoms with Gasteiger partial charge in [-0.15, -0.1) is 0 Å². The summed E-state index contributed by atoms with van der Waals surface area (Å²) >= 11 is 0. The summed E-state index contributed by atoms with van der Waals surface area (Å²) in [6, 6.07) is 10.5. The Bertz CT molecular complexity index is 416. The van der Waals surface area contributed by atoms with Crippen molar-refractivity contribution in [2.75, 3.05) is 11.9 Å². The number of hydrogen-bond donors (Lipinski definition) is 1. The van der Waals surface area contributed by atoms with E-state index >= 15 is 0 Å². The maximum absolute atomic E-state index is 9.08. The number of nitrogens with zero attached hydrogens (tertiary/aromatic N) is 1. The lowest BCUT2D eigenvalue weighted by Gasteiger charge is -2.19. The van der Waals surface area contributed by atoms with Crippen LogP contribution in [0.4, 0.5) is 5.69 Å². The van der Waals surface area contributed by atoms with Crippen molar-refractivity contribution >= 4 is 5.69 Å². The number of nitrogens with one attached hydrogen (secondary N) is 1. The molecule has 0 saturated carbocycles. The molecule has 1 aromatic rings. The average molecular weight is 244 g/mol. The molecule has 0 radical (unpaired) electrons. The van der Waals surface area contributed by atoms with Crippen LogP contribution in [-0.4, -0.2) is 6.54 Å². The van der Waals surface area contributed by atoms with Gasteiger partial charge in [-0.3, -0.25) is 0 Å². The standard InChI is InChI=1S/C16H24N2/c1-15(2,3)10-11-18-14-8-6-13(7-9-14)16(4,5)12-17/h6-9,18H,10-11H2,1-5H3. The normalized spacial score (nSPS) is 12.0. The van der Waals surface area contributed by atoms with Crippen LogP contribution in [0.25, 0.3) is 0 Å². The summed E-state index contributed by atoms with van der Waals surface area (Å²) in [5, 5.41) is 12.5. The summed E-state index contributed by atoms with van der Waals surface area (Å²) in [5.41, 5.74) is 2.13. The van der Waals surface area contributed by atoms with Gasteiger partial charge in [0.25, 0.3) is 0 Å². The molecule has 0 amide bonds. The molecule has 0 aliphatic carbocycles. The first-order valence-corrected chi connectivity index (χ1v) is 6.50. The Morgan fingerprint density at radius 3 is 2.06 bits per heavy atom. The first kappa shape index (κ1) is 14.6.